The lowest BCUT2D eigenvalue weighted by Crippen LogP contribution is -2.53. The Hall–Kier alpha value is -2.59. The molecular weight excluding hydrogens is 484 g/mol. The lowest BCUT2D eigenvalue weighted by atomic mass is 9.97. The van der Waals surface area contributed by atoms with Crippen molar-refractivity contribution in [2.75, 3.05) is 26.7 Å². The number of rotatable bonds is 5. The van der Waals surface area contributed by atoms with E-state index in [1.165, 1.54) is 26.7 Å². The maximum Gasteiger partial charge on any atom is 0.327 e. The molecule has 5 rings (SSSR count). The molecule has 3 amide bonds. The molecule has 1 N–H and O–H groups in total. The summed E-state index contributed by atoms with van der Waals surface area (Å²) in [4.78, 5) is 39.9. The summed E-state index contributed by atoms with van der Waals surface area (Å²) in [5.74, 6) is -0.187. The summed E-state index contributed by atoms with van der Waals surface area (Å²) in [6.45, 7) is 9.64. The highest BCUT2D eigenvalue weighted by Crippen LogP contribution is 2.37. The molecule has 3 aromatic rings. The summed E-state index contributed by atoms with van der Waals surface area (Å²) < 4.78 is 0.930. The maximum atomic E-state index is 12.4. The van der Waals surface area contributed by atoms with E-state index in [1.54, 1.807) is 13.4 Å². The summed E-state index contributed by atoms with van der Waals surface area (Å²) >= 11 is 8.05. The lowest BCUT2D eigenvalue weighted by molar-refractivity contribution is -0.125. The Bertz CT molecular complexity index is 1310. The van der Waals surface area contributed by atoms with Crippen molar-refractivity contribution in [1.82, 2.24) is 30.0 Å². The second-order valence-corrected chi connectivity index (χ2v) is 11.2. The number of aromatic nitrogens is 2. The van der Waals surface area contributed by atoms with E-state index in [4.69, 9.17) is 11.6 Å². The number of carbonyl (C=O) groups is 2. The smallest absolute Gasteiger partial charge is 0.318 e. The highest BCUT2D eigenvalue weighted by atomic mass is 35.5. The molecule has 0 aliphatic carbocycles. The molecule has 10 heteroatoms. The van der Waals surface area contributed by atoms with Crippen molar-refractivity contribution < 1.29 is 9.59 Å². The van der Waals surface area contributed by atoms with Crippen molar-refractivity contribution in [3.63, 3.8) is 0 Å². The summed E-state index contributed by atoms with van der Waals surface area (Å²) in [6.07, 6.45) is 1.57. The molecule has 0 radical (unpaired) electrons. The number of urea groups is 1. The Balaban J connectivity index is 1.54. The molecule has 0 spiro atoms. The Morgan fingerprint density at radius 3 is 2.71 bits per heavy atom. The molecule has 35 heavy (non-hydrogen) atoms. The molecule has 2 saturated heterocycles. The zero-order valence-corrected chi connectivity index (χ0v) is 21.9. The molecule has 2 aromatic heterocycles. The van der Waals surface area contributed by atoms with Gasteiger partial charge in [-0.2, -0.15) is 0 Å². The van der Waals surface area contributed by atoms with Crippen LogP contribution in [-0.2, 0) is 17.9 Å². The van der Waals surface area contributed by atoms with E-state index in [0.29, 0.717) is 17.1 Å². The van der Waals surface area contributed by atoms with Gasteiger partial charge >= 0.3 is 6.03 Å². The number of hydrogen-bond acceptors (Lipinski definition) is 7. The fraction of sp³-hybridized carbons (Fsp3) is 0.440. The van der Waals surface area contributed by atoms with Gasteiger partial charge in [0, 0.05) is 54.2 Å². The number of fused-ring (bicyclic) bond motifs is 1. The van der Waals surface area contributed by atoms with Gasteiger partial charge < -0.3 is 10.2 Å². The zero-order valence-electron chi connectivity index (χ0n) is 20.3. The number of likely N-dealkylation sites (N-methyl/N-ethyl adjacent to an activating group) is 1. The molecule has 4 heterocycles. The highest BCUT2D eigenvalue weighted by molar-refractivity contribution is 7.19. The fourth-order valence-electron chi connectivity index (χ4n) is 4.87. The second-order valence-electron chi connectivity index (χ2n) is 9.60. The lowest BCUT2D eigenvalue weighted by Gasteiger charge is -2.38. The van der Waals surface area contributed by atoms with Crippen LogP contribution >= 0.6 is 22.9 Å². The first kappa shape index (κ1) is 24.1. The normalized spacial score (nSPS) is 21.5. The fourth-order valence-corrected chi connectivity index (χ4v) is 6.24. The van der Waals surface area contributed by atoms with Gasteiger partial charge in [-0.25, -0.2) is 14.8 Å². The van der Waals surface area contributed by atoms with Gasteiger partial charge in [0.1, 0.15) is 12.9 Å². The number of thiophene rings is 1. The summed E-state index contributed by atoms with van der Waals surface area (Å²) in [5.41, 5.74) is 4.97. The Morgan fingerprint density at radius 1 is 1.17 bits per heavy atom. The van der Waals surface area contributed by atoms with Crippen molar-refractivity contribution in [3.05, 3.63) is 45.6 Å². The predicted octanol–water partition coefficient (Wildman–Crippen LogP) is 3.90. The molecule has 1 aromatic carbocycles. The van der Waals surface area contributed by atoms with Gasteiger partial charge in [-0.1, -0.05) is 11.6 Å². The predicted molar refractivity (Wildman–Crippen MR) is 139 cm³/mol. The van der Waals surface area contributed by atoms with Crippen LogP contribution in [-0.4, -0.2) is 75.4 Å². The minimum Gasteiger partial charge on any atom is -0.318 e. The number of piperazine rings is 1. The molecule has 0 unspecified atom stereocenters. The van der Waals surface area contributed by atoms with Crippen molar-refractivity contribution in [2.45, 2.75) is 45.9 Å². The number of nitrogens with zero attached hydrogens (tertiary/aromatic N) is 5. The standard InChI is InChI=1S/C25H29ClN6O2S/c1-14-5-17(26)6-19(20(14)11-31-9-15(2)27-8-16(31)3)23-24-21(28-13-29-23)7-18(35-24)10-32-22(33)12-30(4)25(32)34/h5-7,13,15-16,27H,8-12H2,1-4H3/t15-,16+/m1/s1. The number of hydrogen-bond donors (Lipinski definition) is 1. The average molecular weight is 513 g/mol. The zero-order chi connectivity index (χ0) is 24.9. The van der Waals surface area contributed by atoms with Crippen molar-refractivity contribution in [1.29, 1.82) is 0 Å². The van der Waals surface area contributed by atoms with E-state index < -0.39 is 0 Å². The quantitative estimate of drug-likeness (QED) is 0.522. The number of halogens is 1. The van der Waals surface area contributed by atoms with Crippen molar-refractivity contribution in [2.24, 2.45) is 0 Å². The van der Waals surface area contributed by atoms with Crippen LogP contribution in [0.5, 0.6) is 0 Å². The third kappa shape index (κ3) is 4.65. The van der Waals surface area contributed by atoms with Crippen LogP contribution in [0, 0.1) is 6.92 Å². The highest BCUT2D eigenvalue weighted by Gasteiger charge is 2.34. The Morgan fingerprint density at radius 2 is 1.97 bits per heavy atom. The van der Waals surface area contributed by atoms with Crippen LogP contribution in [0.4, 0.5) is 4.79 Å². The molecule has 184 valence electrons. The van der Waals surface area contributed by atoms with Gasteiger partial charge in [0.15, 0.2) is 0 Å². The van der Waals surface area contributed by atoms with Crippen LogP contribution in [0.1, 0.15) is 29.9 Å². The van der Waals surface area contributed by atoms with E-state index in [-0.39, 0.29) is 25.0 Å². The van der Waals surface area contributed by atoms with E-state index in [0.717, 1.165) is 51.5 Å². The first-order valence-electron chi connectivity index (χ1n) is 11.8. The Kier molecular flexibility index (Phi) is 6.52. The van der Waals surface area contributed by atoms with Crippen LogP contribution in [0.25, 0.3) is 21.5 Å². The molecule has 0 bridgehead atoms. The van der Waals surface area contributed by atoms with Gasteiger partial charge in [-0.3, -0.25) is 14.6 Å². The summed E-state index contributed by atoms with van der Waals surface area (Å²) in [7, 11) is 1.64. The van der Waals surface area contributed by atoms with Crippen LogP contribution in [0.2, 0.25) is 5.02 Å². The maximum absolute atomic E-state index is 12.4. The SMILES string of the molecule is Cc1cc(Cl)cc(-c2ncnc3cc(CN4C(=O)CN(C)C4=O)sc23)c1CN1C[C@@H](C)NC[C@@H]1C. The first-order chi connectivity index (χ1) is 16.7. The number of carbonyl (C=O) groups excluding carboxylic acids is 2. The molecule has 2 aliphatic rings. The minimum absolute atomic E-state index is 0.114. The molecular formula is C25H29ClN6O2S. The third-order valence-corrected chi connectivity index (χ3v) is 8.19. The number of nitrogens with one attached hydrogen (secondary N) is 1. The number of aryl methyl sites for hydroxylation is 1. The van der Waals surface area contributed by atoms with Gasteiger partial charge in [0.2, 0.25) is 0 Å². The van der Waals surface area contributed by atoms with Crippen LogP contribution < -0.4 is 5.32 Å². The molecule has 8 nitrogen and oxygen atoms in total. The van der Waals surface area contributed by atoms with Gasteiger partial charge in [-0.05, 0) is 50.1 Å². The van der Waals surface area contributed by atoms with E-state index in [2.05, 4.69) is 41.0 Å². The Labute approximate surface area is 213 Å². The largest absolute Gasteiger partial charge is 0.327 e. The monoisotopic (exact) mass is 512 g/mol. The molecule has 2 fully saturated rings. The second kappa shape index (κ2) is 9.46. The van der Waals surface area contributed by atoms with E-state index in [1.807, 2.05) is 18.2 Å². The summed E-state index contributed by atoms with van der Waals surface area (Å²) in [5, 5.41) is 4.22. The number of imide groups is 1. The molecule has 2 aliphatic heterocycles. The minimum atomic E-state index is -0.272. The number of benzene rings is 1. The molecule has 2 atom stereocenters. The molecule has 0 saturated carbocycles. The van der Waals surface area contributed by atoms with Gasteiger partial charge in [-0.15, -0.1) is 11.3 Å². The average Bonchev–Trinajstić information content (AvgIpc) is 3.33. The van der Waals surface area contributed by atoms with Crippen molar-refractivity contribution >= 4 is 45.1 Å². The third-order valence-electron chi connectivity index (χ3n) is 6.85. The summed E-state index contributed by atoms with van der Waals surface area (Å²) in [6, 6.07) is 6.52. The number of amides is 3. The van der Waals surface area contributed by atoms with Gasteiger partial charge in [0.05, 0.1) is 22.5 Å². The first-order valence-corrected chi connectivity index (χ1v) is 13.0. The van der Waals surface area contributed by atoms with Crippen molar-refractivity contribution in [3.8, 4) is 11.3 Å². The van der Waals surface area contributed by atoms with Gasteiger partial charge in [0.25, 0.3) is 5.91 Å². The topological polar surface area (TPSA) is 81.7 Å². The van der Waals surface area contributed by atoms with E-state index in [9.17, 15) is 9.59 Å². The van der Waals surface area contributed by atoms with E-state index >= 15 is 0 Å². The van der Waals surface area contributed by atoms with Crippen LogP contribution in [0.15, 0.2) is 24.5 Å². The van der Waals surface area contributed by atoms with Crippen LogP contribution in [0.3, 0.4) is 0 Å².